The lowest BCUT2D eigenvalue weighted by molar-refractivity contribution is -0.142. The lowest BCUT2D eigenvalue weighted by Gasteiger charge is -2.42. The second kappa shape index (κ2) is 19.3. The summed E-state index contributed by atoms with van der Waals surface area (Å²) in [5.41, 5.74) is 5.69. The molecule has 3 aromatic heterocycles. The average Bonchev–Trinajstić information content (AvgIpc) is 3.93. The maximum atomic E-state index is 14.3. The molecule has 69 heavy (non-hydrogen) atoms. The molecule has 6 N–H and O–H groups in total. The molecule has 362 valence electrons. The van der Waals surface area contributed by atoms with Gasteiger partial charge in [-0.15, -0.1) is 16.6 Å². The number of phenols is 2. The molecule has 0 saturated carbocycles. The van der Waals surface area contributed by atoms with E-state index >= 15 is 0 Å². The normalized spacial score (nSPS) is 21.4. The van der Waals surface area contributed by atoms with Crippen molar-refractivity contribution in [1.29, 1.82) is 0 Å². The van der Waals surface area contributed by atoms with Crippen LogP contribution < -0.4 is 15.5 Å². The molecule has 5 aromatic rings. The van der Waals surface area contributed by atoms with Crippen molar-refractivity contribution < 1.29 is 29.7 Å². The molecule has 0 bridgehead atoms. The highest BCUT2D eigenvalue weighted by Crippen LogP contribution is 2.39. The molecule has 17 nitrogen and oxygen atoms in total. The van der Waals surface area contributed by atoms with Gasteiger partial charge in [0.25, 0.3) is 0 Å². The summed E-state index contributed by atoms with van der Waals surface area (Å²) in [6.45, 7) is 13.2. The van der Waals surface area contributed by atoms with Crippen LogP contribution in [0.15, 0.2) is 60.9 Å². The largest absolute Gasteiger partial charge is 0.508 e. The van der Waals surface area contributed by atoms with Gasteiger partial charge < -0.3 is 50.5 Å². The van der Waals surface area contributed by atoms with E-state index in [1.54, 1.807) is 36.1 Å². The number of terminal acetylenes is 1. The topological polar surface area (TPSA) is 216 Å². The highest BCUT2D eigenvalue weighted by molar-refractivity contribution is 5.93. The third-order valence-electron chi connectivity index (χ3n) is 14.8. The van der Waals surface area contributed by atoms with Crippen LogP contribution in [0.25, 0.3) is 22.3 Å². The first kappa shape index (κ1) is 47.3. The zero-order chi connectivity index (χ0) is 48.7. The fraction of sp³-hybridized carbons (Fsp3) is 0.481. The van der Waals surface area contributed by atoms with Crippen LogP contribution in [-0.2, 0) is 16.0 Å². The molecule has 4 aliphatic heterocycles. The highest BCUT2D eigenvalue weighted by atomic mass is 16.3. The van der Waals surface area contributed by atoms with Gasteiger partial charge in [0.1, 0.15) is 23.6 Å². The first-order valence-electron chi connectivity index (χ1n) is 24.2. The number of rotatable bonds is 9. The lowest BCUT2D eigenvalue weighted by Crippen LogP contribution is -2.60. The van der Waals surface area contributed by atoms with Crippen LogP contribution >= 0.6 is 0 Å². The number of nitrogens with one attached hydrogen (secondary N) is 3. The molecule has 4 aliphatic rings. The molecule has 2 aromatic carbocycles. The molecular weight excluding hydrogens is 875 g/mol. The van der Waals surface area contributed by atoms with E-state index < -0.39 is 41.5 Å². The number of urea groups is 1. The van der Waals surface area contributed by atoms with Gasteiger partial charge in [0, 0.05) is 90.8 Å². The molecule has 7 heterocycles. The van der Waals surface area contributed by atoms with E-state index in [0.717, 1.165) is 79.6 Å². The summed E-state index contributed by atoms with van der Waals surface area (Å²) < 4.78 is 0. The molecule has 0 radical (unpaired) electrons. The number of likely N-dealkylation sites (tertiary alicyclic amines) is 3. The SMILES string of the molecule is C#Cc1ccc([C@H](C)NC(=O)[C@@H]2C[C@@H](O)CN2C(=O)[C@@H](NC(=O)N2CCC(N3CCC(c4cnc(N5CCc6[nH]c7nnc(-c8ccccc8O)cc7c6[C@H]5C)nc4)CC3)CC2)C(C)(C)C)c(O)c1. The van der Waals surface area contributed by atoms with Crippen molar-refractivity contribution in [2.75, 3.05) is 44.2 Å². The number of aliphatic hydroxyl groups excluding tert-OH is 1. The summed E-state index contributed by atoms with van der Waals surface area (Å²) in [6, 6.07) is 11.4. The number of nitrogens with zero attached hydrogens (tertiary/aromatic N) is 8. The standard InChI is InChI=1S/C52H63N11O6/c1-7-32-12-13-37(44(66)24-32)30(2)55-48(67)42-25-36(64)29-63(42)49(68)46(52(4,5)6)57-51(69)61-21-16-35(17-22-61)60-19-14-33(15-20-60)34-27-53-50(54-28-34)62-23-18-40-45(31(62)3)39-26-41(58-59-47(39)56-40)38-10-8-9-11-43(38)65/h1,8-13,24,26-28,30-31,33,35-36,42,46,64-66H,14-23,25,29H2,2-6H3,(H,55,67)(H,56,59)(H,57,69)/t30-,31+,36+,42-,46+/m0/s1. The summed E-state index contributed by atoms with van der Waals surface area (Å²) >= 11 is 0. The minimum Gasteiger partial charge on any atom is -0.508 e. The summed E-state index contributed by atoms with van der Waals surface area (Å²) in [6.07, 6.45) is 13.0. The number of anilines is 1. The number of carbonyl (C=O) groups is 3. The Kier molecular flexibility index (Phi) is 13.2. The van der Waals surface area contributed by atoms with Crippen molar-refractivity contribution in [1.82, 2.24) is 50.5 Å². The molecular formula is C52H63N11O6. The number of aromatic hydroxyl groups is 2. The molecule has 0 unspecified atom stereocenters. The number of hydrogen-bond acceptors (Lipinski definition) is 12. The van der Waals surface area contributed by atoms with Crippen molar-refractivity contribution in [3.63, 3.8) is 0 Å². The van der Waals surface area contributed by atoms with Crippen molar-refractivity contribution in [3.05, 3.63) is 88.9 Å². The van der Waals surface area contributed by atoms with Gasteiger partial charge in [-0.3, -0.25) is 9.59 Å². The number of aromatic nitrogens is 5. The van der Waals surface area contributed by atoms with E-state index in [-0.39, 0.29) is 36.5 Å². The highest BCUT2D eigenvalue weighted by Gasteiger charge is 2.45. The number of hydrogen-bond donors (Lipinski definition) is 6. The Bertz CT molecular complexity index is 2750. The first-order valence-corrected chi connectivity index (χ1v) is 24.2. The Morgan fingerprint density at radius 3 is 2.32 bits per heavy atom. The summed E-state index contributed by atoms with van der Waals surface area (Å²) in [4.78, 5) is 63.0. The number of phenolic OH excluding ortho intramolecular Hbond substituents is 2. The summed E-state index contributed by atoms with van der Waals surface area (Å²) in [5, 5.41) is 47.5. The molecule has 0 aliphatic carbocycles. The second-order valence-corrected chi connectivity index (χ2v) is 20.3. The van der Waals surface area contributed by atoms with Crippen LogP contribution in [0.5, 0.6) is 11.5 Å². The predicted molar refractivity (Wildman–Crippen MR) is 261 cm³/mol. The van der Waals surface area contributed by atoms with Gasteiger partial charge in [0.15, 0.2) is 5.65 Å². The second-order valence-electron chi connectivity index (χ2n) is 20.3. The van der Waals surface area contributed by atoms with Gasteiger partial charge in [-0.1, -0.05) is 44.9 Å². The monoisotopic (exact) mass is 937 g/mol. The number of para-hydroxylation sites is 1. The summed E-state index contributed by atoms with van der Waals surface area (Å²) in [7, 11) is 0. The van der Waals surface area contributed by atoms with E-state index in [1.165, 1.54) is 11.0 Å². The Morgan fingerprint density at radius 1 is 0.913 bits per heavy atom. The van der Waals surface area contributed by atoms with E-state index in [2.05, 4.69) is 48.5 Å². The minimum atomic E-state index is -0.959. The fourth-order valence-electron chi connectivity index (χ4n) is 10.9. The number of aromatic amines is 1. The quantitative estimate of drug-likeness (QED) is 0.101. The molecule has 0 spiro atoms. The number of benzene rings is 2. The number of H-pyrrole nitrogens is 1. The molecule has 17 heteroatoms. The Hall–Kier alpha value is -6.77. The van der Waals surface area contributed by atoms with Crippen LogP contribution in [0.3, 0.4) is 0 Å². The fourth-order valence-corrected chi connectivity index (χ4v) is 10.9. The van der Waals surface area contributed by atoms with Crippen molar-refractivity contribution >= 4 is 34.8 Å². The molecule has 3 fully saturated rings. The molecule has 5 atom stereocenters. The van der Waals surface area contributed by atoms with Crippen LogP contribution in [0, 0.1) is 17.8 Å². The van der Waals surface area contributed by atoms with Gasteiger partial charge in [0.05, 0.1) is 23.9 Å². The maximum absolute atomic E-state index is 14.3. The van der Waals surface area contributed by atoms with E-state index in [0.29, 0.717) is 53.4 Å². The van der Waals surface area contributed by atoms with Crippen LogP contribution in [0.1, 0.15) is 113 Å². The predicted octanol–water partition coefficient (Wildman–Crippen LogP) is 5.54. The minimum absolute atomic E-state index is 0.00601. The van der Waals surface area contributed by atoms with Gasteiger partial charge in [0.2, 0.25) is 17.8 Å². The van der Waals surface area contributed by atoms with Crippen LogP contribution in [0.2, 0.25) is 0 Å². The van der Waals surface area contributed by atoms with Gasteiger partial charge in [-0.05, 0) is 99.8 Å². The summed E-state index contributed by atoms with van der Waals surface area (Å²) in [5.74, 6) is 2.74. The van der Waals surface area contributed by atoms with Gasteiger partial charge >= 0.3 is 6.03 Å². The number of aliphatic hydroxyl groups is 1. The van der Waals surface area contributed by atoms with Crippen LogP contribution in [-0.4, -0.2) is 137 Å². The Balaban J connectivity index is 0.765. The Labute approximate surface area is 402 Å². The number of β-amino-alcohol motifs (C(OH)–C–C–N with tert-alkyl or cyclic N) is 1. The third-order valence-corrected chi connectivity index (χ3v) is 14.8. The van der Waals surface area contributed by atoms with Gasteiger partial charge in [-0.2, -0.15) is 0 Å². The number of piperidine rings is 2. The molecule has 9 rings (SSSR count). The number of carbonyl (C=O) groups excluding carboxylic acids is 3. The molecule has 4 amide bonds. The van der Waals surface area contributed by atoms with E-state index in [9.17, 15) is 29.7 Å². The van der Waals surface area contributed by atoms with Crippen molar-refractivity contribution in [3.8, 4) is 35.1 Å². The zero-order valence-corrected chi connectivity index (χ0v) is 40.0. The number of amides is 4. The maximum Gasteiger partial charge on any atom is 0.318 e. The smallest absolute Gasteiger partial charge is 0.318 e. The zero-order valence-electron chi connectivity index (χ0n) is 40.0. The van der Waals surface area contributed by atoms with E-state index in [1.807, 2.05) is 51.4 Å². The average molecular weight is 938 g/mol. The van der Waals surface area contributed by atoms with Crippen LogP contribution in [0.4, 0.5) is 10.7 Å². The Morgan fingerprint density at radius 2 is 1.64 bits per heavy atom. The van der Waals surface area contributed by atoms with Gasteiger partial charge in [-0.25, -0.2) is 14.8 Å². The van der Waals surface area contributed by atoms with Crippen molar-refractivity contribution in [2.24, 2.45) is 5.41 Å². The first-order chi connectivity index (χ1) is 33.1. The lowest BCUT2D eigenvalue weighted by atomic mass is 9.85. The number of fused-ring (bicyclic) bond motifs is 3. The van der Waals surface area contributed by atoms with Crippen molar-refractivity contribution in [2.45, 2.75) is 115 Å². The third kappa shape index (κ3) is 9.65. The molecule has 3 saturated heterocycles. The van der Waals surface area contributed by atoms with E-state index in [4.69, 9.17) is 16.4 Å².